The molecule has 1 heterocycles. The Morgan fingerprint density at radius 2 is 2.33 bits per heavy atom. The van der Waals surface area contributed by atoms with E-state index < -0.39 is 12.1 Å². The predicted octanol–water partition coefficient (Wildman–Crippen LogP) is 1.30. The molecule has 0 atom stereocenters. The van der Waals surface area contributed by atoms with Crippen LogP contribution in [-0.2, 0) is 6.54 Å². The van der Waals surface area contributed by atoms with Crippen molar-refractivity contribution in [3.63, 3.8) is 0 Å². The van der Waals surface area contributed by atoms with E-state index in [2.05, 4.69) is 4.98 Å². The van der Waals surface area contributed by atoms with Crippen LogP contribution >= 0.6 is 0 Å². The maximum Gasteiger partial charge on any atom is 0.280 e. The Morgan fingerprint density at radius 3 is 2.73 bits per heavy atom. The molecule has 2 N–H and O–H groups in total. The lowest BCUT2D eigenvalue weighted by Gasteiger charge is -2.09. The number of methoxy groups -OCH3 is 1. The minimum Gasteiger partial charge on any atom is -0.480 e. The Labute approximate surface area is 85.1 Å². The van der Waals surface area contributed by atoms with Gasteiger partial charge in [0.15, 0.2) is 6.29 Å². The topological polar surface area (TPSA) is 65.2 Å². The normalized spacial score (nSPS) is 10.5. The molecule has 0 radical (unpaired) electrons. The number of alkyl halides is 2. The minimum absolute atomic E-state index is 0.0997. The molecule has 0 fully saturated rings. The number of carbonyl (C=O) groups excluding carboxylic acids is 1. The first-order valence-corrected chi connectivity index (χ1v) is 4.15. The lowest BCUT2D eigenvalue weighted by Crippen LogP contribution is -2.07. The van der Waals surface area contributed by atoms with Gasteiger partial charge in [0.1, 0.15) is 5.69 Å². The van der Waals surface area contributed by atoms with Gasteiger partial charge in [0, 0.05) is 6.54 Å². The van der Waals surface area contributed by atoms with Crippen LogP contribution in [0, 0.1) is 0 Å². The van der Waals surface area contributed by atoms with Crippen molar-refractivity contribution in [1.82, 2.24) is 4.98 Å². The molecule has 1 rings (SSSR count). The fourth-order valence-electron chi connectivity index (χ4n) is 1.17. The molecule has 1 aromatic heterocycles. The number of aldehydes is 1. The molecule has 0 bridgehead atoms. The van der Waals surface area contributed by atoms with Gasteiger partial charge in [0.05, 0.1) is 12.7 Å². The number of carbonyl (C=O) groups is 1. The van der Waals surface area contributed by atoms with Crippen LogP contribution in [-0.4, -0.2) is 18.4 Å². The molecule has 4 nitrogen and oxygen atoms in total. The van der Waals surface area contributed by atoms with Crippen LogP contribution in [0.5, 0.6) is 5.88 Å². The minimum atomic E-state index is -2.74. The molecule has 82 valence electrons. The maximum atomic E-state index is 12.5. The summed E-state index contributed by atoms with van der Waals surface area (Å²) in [7, 11) is 1.26. The third-order valence-electron chi connectivity index (χ3n) is 1.87. The first kappa shape index (κ1) is 11.5. The molecule has 1 aromatic rings. The first-order valence-electron chi connectivity index (χ1n) is 4.15. The number of pyridine rings is 1. The molecular formula is C9H10F2N2O2. The van der Waals surface area contributed by atoms with Crippen LogP contribution in [0.4, 0.5) is 8.78 Å². The molecule has 0 saturated heterocycles. The quantitative estimate of drug-likeness (QED) is 0.770. The van der Waals surface area contributed by atoms with Crippen molar-refractivity contribution in [2.45, 2.75) is 13.0 Å². The third kappa shape index (κ3) is 2.27. The molecule has 0 spiro atoms. The lowest BCUT2D eigenvalue weighted by atomic mass is 10.1. The standard InChI is InChI=1S/C9H10F2N2O2/c1-15-9-6(4-14)2-5(3-12)7(13-9)8(10)11/h2,4,8H,3,12H2,1H3. The molecule has 0 saturated carbocycles. The Balaban J connectivity index is 3.33. The van der Waals surface area contributed by atoms with E-state index in [1.54, 1.807) is 0 Å². The number of ether oxygens (including phenoxy) is 1. The van der Waals surface area contributed by atoms with Gasteiger partial charge in [0.2, 0.25) is 5.88 Å². The summed E-state index contributed by atoms with van der Waals surface area (Å²) in [5.74, 6) is -0.113. The zero-order chi connectivity index (χ0) is 11.4. The highest BCUT2D eigenvalue weighted by molar-refractivity contribution is 5.78. The first-order chi connectivity index (χ1) is 7.13. The third-order valence-corrected chi connectivity index (χ3v) is 1.87. The molecule has 15 heavy (non-hydrogen) atoms. The number of rotatable bonds is 4. The SMILES string of the molecule is COc1nc(C(F)F)c(CN)cc1C=O. The summed E-state index contributed by atoms with van der Waals surface area (Å²) in [6, 6.07) is 1.26. The highest BCUT2D eigenvalue weighted by atomic mass is 19.3. The van der Waals surface area contributed by atoms with Crippen molar-refractivity contribution in [3.8, 4) is 5.88 Å². The van der Waals surface area contributed by atoms with Crippen LogP contribution in [0.2, 0.25) is 0 Å². The fourth-order valence-corrected chi connectivity index (χ4v) is 1.17. The largest absolute Gasteiger partial charge is 0.480 e. The number of aromatic nitrogens is 1. The van der Waals surface area contributed by atoms with E-state index in [1.165, 1.54) is 13.2 Å². The van der Waals surface area contributed by atoms with Crippen molar-refractivity contribution in [2.75, 3.05) is 7.11 Å². The maximum absolute atomic E-state index is 12.5. The van der Waals surface area contributed by atoms with E-state index in [4.69, 9.17) is 10.5 Å². The smallest absolute Gasteiger partial charge is 0.280 e. The highest BCUT2D eigenvalue weighted by Gasteiger charge is 2.18. The lowest BCUT2D eigenvalue weighted by molar-refractivity contribution is 0.111. The van der Waals surface area contributed by atoms with Crippen molar-refractivity contribution >= 4 is 6.29 Å². The average Bonchev–Trinajstić information content (AvgIpc) is 2.26. The summed E-state index contributed by atoms with van der Waals surface area (Å²) in [4.78, 5) is 14.1. The Hall–Kier alpha value is -1.56. The molecule has 0 aromatic carbocycles. The fraction of sp³-hybridized carbons (Fsp3) is 0.333. The van der Waals surface area contributed by atoms with Gasteiger partial charge in [-0.3, -0.25) is 4.79 Å². The van der Waals surface area contributed by atoms with E-state index in [0.717, 1.165) is 0 Å². The molecule has 0 aliphatic carbocycles. The van der Waals surface area contributed by atoms with Gasteiger partial charge in [-0.2, -0.15) is 0 Å². The van der Waals surface area contributed by atoms with Gasteiger partial charge in [-0.1, -0.05) is 0 Å². The van der Waals surface area contributed by atoms with Gasteiger partial charge in [-0.15, -0.1) is 0 Å². The Bertz CT molecular complexity index is 369. The van der Waals surface area contributed by atoms with Crippen molar-refractivity contribution in [1.29, 1.82) is 0 Å². The van der Waals surface area contributed by atoms with E-state index in [0.29, 0.717) is 6.29 Å². The van der Waals surface area contributed by atoms with Gasteiger partial charge in [-0.25, -0.2) is 13.8 Å². The zero-order valence-electron chi connectivity index (χ0n) is 8.04. The van der Waals surface area contributed by atoms with Crippen LogP contribution in [0.3, 0.4) is 0 Å². The second-order valence-electron chi connectivity index (χ2n) is 2.75. The summed E-state index contributed by atoms with van der Waals surface area (Å²) in [6.07, 6.45) is -2.25. The van der Waals surface area contributed by atoms with Crippen LogP contribution < -0.4 is 10.5 Å². The molecule has 0 unspecified atom stereocenters. The molecule has 6 heteroatoms. The second kappa shape index (κ2) is 4.79. The van der Waals surface area contributed by atoms with E-state index in [-0.39, 0.29) is 23.6 Å². The monoisotopic (exact) mass is 216 g/mol. The molecule has 0 amide bonds. The number of nitrogens with two attached hydrogens (primary N) is 1. The second-order valence-corrected chi connectivity index (χ2v) is 2.75. The number of halogens is 2. The Morgan fingerprint density at radius 1 is 1.67 bits per heavy atom. The summed E-state index contributed by atoms with van der Waals surface area (Å²) in [6.45, 7) is -0.0997. The number of hydrogen-bond acceptors (Lipinski definition) is 4. The van der Waals surface area contributed by atoms with Gasteiger partial charge < -0.3 is 10.5 Å². The zero-order valence-corrected chi connectivity index (χ0v) is 8.04. The predicted molar refractivity (Wildman–Crippen MR) is 49.0 cm³/mol. The highest BCUT2D eigenvalue weighted by Crippen LogP contribution is 2.25. The van der Waals surface area contributed by atoms with Crippen LogP contribution in [0.1, 0.15) is 28.0 Å². The molecule has 0 aliphatic rings. The summed E-state index contributed by atoms with van der Waals surface area (Å²) >= 11 is 0. The summed E-state index contributed by atoms with van der Waals surface area (Å²) in [5, 5.41) is 0. The van der Waals surface area contributed by atoms with Crippen molar-refractivity contribution < 1.29 is 18.3 Å². The van der Waals surface area contributed by atoms with Gasteiger partial charge in [0.25, 0.3) is 6.43 Å². The van der Waals surface area contributed by atoms with Crippen molar-refractivity contribution in [3.05, 3.63) is 22.9 Å². The Kier molecular flexibility index (Phi) is 3.68. The molecular weight excluding hydrogens is 206 g/mol. The van der Waals surface area contributed by atoms with E-state index in [1.807, 2.05) is 0 Å². The number of hydrogen-bond donors (Lipinski definition) is 1. The summed E-state index contributed by atoms with van der Waals surface area (Å²) < 4.78 is 29.7. The van der Waals surface area contributed by atoms with Crippen LogP contribution in [0.25, 0.3) is 0 Å². The average molecular weight is 216 g/mol. The van der Waals surface area contributed by atoms with E-state index in [9.17, 15) is 13.6 Å². The molecule has 0 aliphatic heterocycles. The number of nitrogens with zero attached hydrogens (tertiary/aromatic N) is 1. The summed E-state index contributed by atoms with van der Waals surface area (Å²) in [5.41, 5.74) is 5.09. The van der Waals surface area contributed by atoms with Gasteiger partial charge in [-0.05, 0) is 11.6 Å². The van der Waals surface area contributed by atoms with Crippen LogP contribution in [0.15, 0.2) is 6.07 Å². The van der Waals surface area contributed by atoms with Crippen molar-refractivity contribution in [2.24, 2.45) is 5.73 Å². The van der Waals surface area contributed by atoms with Gasteiger partial charge >= 0.3 is 0 Å². The van der Waals surface area contributed by atoms with E-state index >= 15 is 0 Å².